The fourth-order valence-electron chi connectivity index (χ4n) is 2.94. The van der Waals surface area contributed by atoms with Gasteiger partial charge in [0.2, 0.25) is 0 Å². The number of benzene rings is 1. The van der Waals surface area contributed by atoms with Crippen LogP contribution in [0.1, 0.15) is 50.7 Å². The average molecular weight is 287 g/mol. The van der Waals surface area contributed by atoms with E-state index in [0.717, 1.165) is 32.1 Å². The average Bonchev–Trinajstić information content (AvgIpc) is 2.39. The van der Waals surface area contributed by atoms with Crippen molar-refractivity contribution in [2.75, 3.05) is 6.61 Å². The minimum absolute atomic E-state index is 0.278. The Morgan fingerprint density at radius 2 is 2.05 bits per heavy atom. The molecule has 19 heavy (non-hydrogen) atoms. The Bertz CT molecular complexity index is 425. The maximum atomic E-state index is 14.0. The van der Waals surface area contributed by atoms with Gasteiger partial charge in [-0.2, -0.15) is 0 Å². The predicted octanol–water partition coefficient (Wildman–Crippen LogP) is 4.25. The van der Waals surface area contributed by atoms with E-state index in [2.05, 4.69) is 0 Å². The highest BCUT2D eigenvalue weighted by Crippen LogP contribution is 2.42. The number of hydrogen-bond acceptors (Lipinski definition) is 2. The summed E-state index contributed by atoms with van der Waals surface area (Å²) in [5.74, 6) is -0.468. The van der Waals surface area contributed by atoms with Gasteiger partial charge in [-0.3, -0.25) is 0 Å². The van der Waals surface area contributed by atoms with Gasteiger partial charge in [0.15, 0.2) is 0 Å². The summed E-state index contributed by atoms with van der Waals surface area (Å²) in [6.07, 6.45) is 3.75. The number of rotatable bonds is 4. The largest absolute Gasteiger partial charge is 0.385 e. The summed E-state index contributed by atoms with van der Waals surface area (Å²) in [4.78, 5) is 0. The van der Waals surface area contributed by atoms with Crippen LogP contribution in [0.5, 0.6) is 0 Å². The first-order chi connectivity index (χ1) is 9.09. The molecule has 0 amide bonds. The molecule has 1 aromatic rings. The van der Waals surface area contributed by atoms with E-state index >= 15 is 0 Å². The van der Waals surface area contributed by atoms with Crippen LogP contribution in [-0.2, 0) is 4.74 Å². The van der Waals surface area contributed by atoms with Gasteiger partial charge in [-0.05, 0) is 31.9 Å². The molecule has 4 heteroatoms. The van der Waals surface area contributed by atoms with Gasteiger partial charge in [0.1, 0.15) is 11.9 Å². The molecule has 1 aliphatic carbocycles. The van der Waals surface area contributed by atoms with Crippen molar-refractivity contribution >= 4 is 11.6 Å². The molecule has 1 fully saturated rings. The number of aliphatic hydroxyl groups excluding tert-OH is 1. The molecule has 0 heterocycles. The summed E-state index contributed by atoms with van der Waals surface area (Å²) >= 11 is 5.75. The quantitative estimate of drug-likeness (QED) is 0.896. The molecule has 1 unspecified atom stereocenters. The topological polar surface area (TPSA) is 29.5 Å². The van der Waals surface area contributed by atoms with Crippen LogP contribution in [0.15, 0.2) is 18.2 Å². The lowest BCUT2D eigenvalue weighted by Gasteiger charge is -2.41. The molecule has 0 aliphatic heterocycles. The second-order valence-corrected chi connectivity index (χ2v) is 5.56. The number of halogens is 2. The molecule has 0 bridgehead atoms. The van der Waals surface area contributed by atoms with E-state index in [0.29, 0.717) is 11.6 Å². The zero-order valence-corrected chi connectivity index (χ0v) is 11.9. The normalized spacial score (nSPS) is 20.2. The Morgan fingerprint density at radius 3 is 2.63 bits per heavy atom. The highest BCUT2D eigenvalue weighted by Gasteiger charge is 2.41. The molecule has 0 radical (unpaired) electrons. The monoisotopic (exact) mass is 286 g/mol. The Morgan fingerprint density at radius 1 is 1.37 bits per heavy atom. The molecule has 106 valence electrons. The van der Waals surface area contributed by atoms with Crippen LogP contribution in [-0.4, -0.2) is 17.3 Å². The Labute approximate surface area is 118 Å². The van der Waals surface area contributed by atoms with Gasteiger partial charge < -0.3 is 9.84 Å². The van der Waals surface area contributed by atoms with Gasteiger partial charge in [0, 0.05) is 17.2 Å². The summed E-state index contributed by atoms with van der Waals surface area (Å²) in [6.45, 7) is 2.42. The van der Waals surface area contributed by atoms with Gasteiger partial charge in [-0.15, -0.1) is 0 Å². The van der Waals surface area contributed by atoms with Crippen molar-refractivity contribution in [1.82, 2.24) is 0 Å². The zero-order chi connectivity index (χ0) is 13.9. The van der Waals surface area contributed by atoms with Crippen LogP contribution < -0.4 is 0 Å². The summed E-state index contributed by atoms with van der Waals surface area (Å²) < 4.78 is 19.8. The highest BCUT2D eigenvalue weighted by molar-refractivity contribution is 6.30. The lowest BCUT2D eigenvalue weighted by Crippen LogP contribution is -2.41. The van der Waals surface area contributed by atoms with Crippen LogP contribution in [0.25, 0.3) is 0 Å². The van der Waals surface area contributed by atoms with Gasteiger partial charge in [0.25, 0.3) is 0 Å². The fourth-order valence-corrected chi connectivity index (χ4v) is 3.10. The number of ether oxygens (including phenoxy) is 1. The van der Waals surface area contributed by atoms with Crippen LogP contribution in [0, 0.1) is 5.82 Å². The lowest BCUT2D eigenvalue weighted by molar-refractivity contribution is -0.142. The lowest BCUT2D eigenvalue weighted by atomic mass is 9.78. The second-order valence-electron chi connectivity index (χ2n) is 5.13. The van der Waals surface area contributed by atoms with Gasteiger partial charge >= 0.3 is 0 Å². The number of aliphatic hydroxyl groups is 1. The first kappa shape index (κ1) is 14.8. The van der Waals surface area contributed by atoms with Crippen molar-refractivity contribution in [2.45, 2.75) is 50.7 Å². The first-order valence-corrected chi connectivity index (χ1v) is 7.24. The minimum atomic E-state index is -0.940. The van der Waals surface area contributed by atoms with E-state index in [1.54, 1.807) is 12.1 Å². The molecule has 0 spiro atoms. The predicted molar refractivity (Wildman–Crippen MR) is 73.8 cm³/mol. The molecule has 1 saturated carbocycles. The number of hydrogen-bond donors (Lipinski definition) is 1. The third-order valence-electron chi connectivity index (χ3n) is 3.89. The summed E-state index contributed by atoms with van der Waals surface area (Å²) in [7, 11) is 0. The molecular formula is C15H20ClFO2. The van der Waals surface area contributed by atoms with Crippen molar-refractivity contribution in [3.8, 4) is 0 Å². The first-order valence-electron chi connectivity index (χ1n) is 6.86. The molecule has 1 N–H and O–H groups in total. The van der Waals surface area contributed by atoms with Crippen molar-refractivity contribution in [2.24, 2.45) is 0 Å². The Balaban J connectivity index is 2.30. The maximum Gasteiger partial charge on any atom is 0.130 e. The highest BCUT2D eigenvalue weighted by atomic mass is 35.5. The van der Waals surface area contributed by atoms with E-state index < -0.39 is 17.5 Å². The maximum absolute atomic E-state index is 14.0. The van der Waals surface area contributed by atoms with Gasteiger partial charge in [-0.25, -0.2) is 4.39 Å². The van der Waals surface area contributed by atoms with E-state index in [1.807, 2.05) is 6.92 Å². The van der Waals surface area contributed by atoms with Crippen LogP contribution in [0.3, 0.4) is 0 Å². The molecular weight excluding hydrogens is 267 g/mol. The molecule has 2 nitrogen and oxygen atoms in total. The van der Waals surface area contributed by atoms with Crippen LogP contribution >= 0.6 is 11.6 Å². The molecule has 0 saturated heterocycles. The van der Waals surface area contributed by atoms with E-state index in [4.69, 9.17) is 16.3 Å². The van der Waals surface area contributed by atoms with Crippen molar-refractivity contribution in [3.63, 3.8) is 0 Å². The molecule has 2 rings (SSSR count). The summed E-state index contributed by atoms with van der Waals surface area (Å²) in [5.41, 5.74) is -0.374. The van der Waals surface area contributed by atoms with Crippen molar-refractivity contribution < 1.29 is 14.2 Å². The standard InChI is InChI=1S/C15H20ClFO2/c1-2-19-15(8-4-3-5-9-15)14(18)12-7-6-11(16)10-13(12)17/h6-7,10,14,18H,2-5,8-9H2,1H3. The van der Waals surface area contributed by atoms with Crippen molar-refractivity contribution in [1.29, 1.82) is 0 Å². The van der Waals surface area contributed by atoms with Crippen LogP contribution in [0.4, 0.5) is 4.39 Å². The smallest absolute Gasteiger partial charge is 0.130 e. The second kappa shape index (κ2) is 6.21. The third-order valence-corrected chi connectivity index (χ3v) is 4.12. The van der Waals surface area contributed by atoms with E-state index in [1.165, 1.54) is 6.07 Å². The van der Waals surface area contributed by atoms with Crippen molar-refractivity contribution in [3.05, 3.63) is 34.6 Å². The molecule has 1 atom stereocenters. The molecule has 0 aromatic heterocycles. The van der Waals surface area contributed by atoms with Gasteiger partial charge in [0.05, 0.1) is 5.60 Å². The van der Waals surface area contributed by atoms with E-state index in [9.17, 15) is 9.50 Å². The minimum Gasteiger partial charge on any atom is -0.385 e. The summed E-state index contributed by atoms with van der Waals surface area (Å²) in [5, 5.41) is 10.9. The third kappa shape index (κ3) is 3.10. The Hall–Kier alpha value is -0.640. The Kier molecular flexibility index (Phi) is 4.82. The summed E-state index contributed by atoms with van der Waals surface area (Å²) in [6, 6.07) is 4.39. The zero-order valence-electron chi connectivity index (χ0n) is 11.2. The SMILES string of the molecule is CCOC1(C(O)c2ccc(Cl)cc2F)CCCCC1. The molecule has 1 aliphatic rings. The van der Waals surface area contributed by atoms with Gasteiger partial charge in [-0.1, -0.05) is 36.9 Å². The van der Waals surface area contributed by atoms with E-state index in [-0.39, 0.29) is 5.56 Å². The molecule has 1 aromatic carbocycles. The van der Waals surface area contributed by atoms with Crippen LogP contribution in [0.2, 0.25) is 5.02 Å². The fraction of sp³-hybridized carbons (Fsp3) is 0.600.